The highest BCUT2D eigenvalue weighted by Gasteiger charge is 2.19. The van der Waals surface area contributed by atoms with Gasteiger partial charge in [0, 0.05) is 24.9 Å². The summed E-state index contributed by atoms with van der Waals surface area (Å²) in [7, 11) is 1.58. The summed E-state index contributed by atoms with van der Waals surface area (Å²) in [6, 6.07) is 17.8. The van der Waals surface area contributed by atoms with E-state index in [-0.39, 0.29) is 12.4 Å². The zero-order valence-corrected chi connectivity index (χ0v) is 18.2. The third-order valence-corrected chi connectivity index (χ3v) is 5.01. The van der Waals surface area contributed by atoms with Gasteiger partial charge in [0.15, 0.2) is 6.79 Å². The second-order valence-corrected chi connectivity index (χ2v) is 7.84. The Morgan fingerprint density at radius 3 is 2.43 bits per heavy atom. The molecule has 2 aromatic carbocycles. The number of nitrogens with zero attached hydrogens (tertiary/aromatic N) is 2. The molecule has 5 heteroatoms. The lowest BCUT2D eigenvalue weighted by Crippen LogP contribution is -2.29. The van der Waals surface area contributed by atoms with E-state index in [0.717, 1.165) is 23.2 Å². The molecule has 0 aliphatic heterocycles. The fraction of sp³-hybridized carbons (Fsp3) is 0.360. The van der Waals surface area contributed by atoms with Gasteiger partial charge in [0.05, 0.1) is 5.56 Å². The van der Waals surface area contributed by atoms with E-state index in [9.17, 15) is 4.79 Å². The van der Waals surface area contributed by atoms with Crippen molar-refractivity contribution in [2.45, 2.75) is 40.2 Å². The van der Waals surface area contributed by atoms with Crippen LogP contribution in [0.25, 0.3) is 11.4 Å². The smallest absolute Gasteiger partial charge is 0.257 e. The predicted octanol–water partition coefficient (Wildman–Crippen LogP) is 4.64. The Bertz CT molecular complexity index is 1030. The van der Waals surface area contributed by atoms with Crippen molar-refractivity contribution in [3.05, 3.63) is 81.8 Å². The van der Waals surface area contributed by atoms with Crippen LogP contribution in [0.4, 0.5) is 0 Å². The summed E-state index contributed by atoms with van der Waals surface area (Å²) < 4.78 is 12.6. The SMILES string of the molecule is COCOc1ccccc1-c1nc(C)c(CC(C)C)c(=O)n1CCc1ccccc1. The number of benzene rings is 2. The van der Waals surface area contributed by atoms with E-state index in [0.29, 0.717) is 30.5 Å². The Morgan fingerprint density at radius 1 is 1.03 bits per heavy atom. The van der Waals surface area contributed by atoms with Crippen LogP contribution in [0.1, 0.15) is 30.7 Å². The Morgan fingerprint density at radius 2 is 1.73 bits per heavy atom. The maximum absolute atomic E-state index is 13.5. The number of hydrogen-bond donors (Lipinski definition) is 0. The first-order chi connectivity index (χ1) is 14.5. The molecule has 0 aliphatic rings. The van der Waals surface area contributed by atoms with E-state index in [1.54, 1.807) is 11.7 Å². The number of ether oxygens (including phenoxy) is 2. The van der Waals surface area contributed by atoms with E-state index >= 15 is 0 Å². The fourth-order valence-corrected chi connectivity index (χ4v) is 3.54. The monoisotopic (exact) mass is 406 g/mol. The lowest BCUT2D eigenvalue weighted by Gasteiger charge is -2.19. The van der Waals surface area contributed by atoms with Crippen LogP contribution in [-0.2, 0) is 24.1 Å². The molecule has 0 saturated carbocycles. The molecule has 0 radical (unpaired) electrons. The minimum atomic E-state index is 0.0312. The summed E-state index contributed by atoms with van der Waals surface area (Å²) in [5, 5.41) is 0. The van der Waals surface area contributed by atoms with E-state index in [2.05, 4.69) is 26.0 Å². The van der Waals surface area contributed by atoms with Crippen LogP contribution < -0.4 is 10.3 Å². The van der Waals surface area contributed by atoms with Crippen molar-refractivity contribution in [2.75, 3.05) is 13.9 Å². The molecule has 3 rings (SSSR count). The Labute approximate surface area is 178 Å². The van der Waals surface area contributed by atoms with Gasteiger partial charge in [0.1, 0.15) is 11.6 Å². The Hall–Kier alpha value is -2.92. The van der Waals surface area contributed by atoms with Crippen LogP contribution in [0.3, 0.4) is 0 Å². The van der Waals surface area contributed by atoms with Crippen molar-refractivity contribution in [1.82, 2.24) is 9.55 Å². The second kappa shape index (κ2) is 10.2. The van der Waals surface area contributed by atoms with E-state index < -0.39 is 0 Å². The molecule has 0 fully saturated rings. The summed E-state index contributed by atoms with van der Waals surface area (Å²) in [4.78, 5) is 18.4. The van der Waals surface area contributed by atoms with Crippen LogP contribution in [0.15, 0.2) is 59.4 Å². The number of aromatic nitrogens is 2. The summed E-state index contributed by atoms with van der Waals surface area (Å²) >= 11 is 0. The van der Waals surface area contributed by atoms with E-state index in [4.69, 9.17) is 14.5 Å². The Kier molecular flexibility index (Phi) is 7.41. The Balaban J connectivity index is 2.11. The molecule has 0 aliphatic carbocycles. The van der Waals surface area contributed by atoms with Crippen LogP contribution in [0, 0.1) is 12.8 Å². The van der Waals surface area contributed by atoms with Gasteiger partial charge in [-0.2, -0.15) is 0 Å². The maximum Gasteiger partial charge on any atom is 0.257 e. The number of methoxy groups -OCH3 is 1. The molecule has 5 nitrogen and oxygen atoms in total. The quantitative estimate of drug-likeness (QED) is 0.486. The highest BCUT2D eigenvalue weighted by molar-refractivity contribution is 5.64. The van der Waals surface area contributed by atoms with Gasteiger partial charge < -0.3 is 9.47 Å². The molecule has 1 heterocycles. The number of rotatable bonds is 9. The molecule has 0 bridgehead atoms. The van der Waals surface area contributed by atoms with Crippen LogP contribution >= 0.6 is 0 Å². The molecule has 0 atom stereocenters. The third kappa shape index (κ3) is 5.16. The number of aryl methyl sites for hydroxylation is 2. The highest BCUT2D eigenvalue weighted by atomic mass is 16.7. The molecule has 3 aromatic rings. The van der Waals surface area contributed by atoms with Crippen molar-refractivity contribution >= 4 is 0 Å². The minimum Gasteiger partial charge on any atom is -0.467 e. The topological polar surface area (TPSA) is 53.4 Å². The molecule has 1 aromatic heterocycles. The summed E-state index contributed by atoms with van der Waals surface area (Å²) in [6.45, 7) is 6.84. The first-order valence-corrected chi connectivity index (χ1v) is 10.4. The summed E-state index contributed by atoms with van der Waals surface area (Å²) in [5.74, 6) is 1.66. The van der Waals surface area contributed by atoms with Crippen molar-refractivity contribution in [2.24, 2.45) is 5.92 Å². The number of hydrogen-bond acceptors (Lipinski definition) is 4. The summed E-state index contributed by atoms with van der Waals surface area (Å²) in [5.41, 5.74) is 3.58. The van der Waals surface area contributed by atoms with Crippen LogP contribution in [0.5, 0.6) is 5.75 Å². The van der Waals surface area contributed by atoms with Crippen LogP contribution in [0.2, 0.25) is 0 Å². The fourth-order valence-electron chi connectivity index (χ4n) is 3.54. The van der Waals surface area contributed by atoms with Gasteiger partial charge in [0.25, 0.3) is 5.56 Å². The van der Waals surface area contributed by atoms with E-state index in [1.165, 1.54) is 5.56 Å². The first-order valence-electron chi connectivity index (χ1n) is 10.4. The van der Waals surface area contributed by atoms with Crippen molar-refractivity contribution < 1.29 is 9.47 Å². The molecular weight excluding hydrogens is 376 g/mol. The summed E-state index contributed by atoms with van der Waals surface area (Å²) in [6.07, 6.45) is 1.46. The molecule has 0 unspecified atom stereocenters. The zero-order valence-electron chi connectivity index (χ0n) is 18.2. The van der Waals surface area contributed by atoms with Crippen molar-refractivity contribution in [3.8, 4) is 17.1 Å². The molecule has 0 saturated heterocycles. The second-order valence-electron chi connectivity index (χ2n) is 7.84. The van der Waals surface area contributed by atoms with Gasteiger partial charge in [0.2, 0.25) is 0 Å². The molecule has 0 amide bonds. The average Bonchev–Trinajstić information content (AvgIpc) is 2.75. The normalized spacial score (nSPS) is 11.1. The average molecular weight is 407 g/mol. The van der Waals surface area contributed by atoms with E-state index in [1.807, 2.05) is 49.4 Å². The van der Waals surface area contributed by atoms with Gasteiger partial charge in [-0.1, -0.05) is 56.3 Å². The van der Waals surface area contributed by atoms with Crippen LogP contribution in [-0.4, -0.2) is 23.5 Å². The van der Waals surface area contributed by atoms with Gasteiger partial charge >= 0.3 is 0 Å². The zero-order chi connectivity index (χ0) is 21.5. The number of para-hydroxylation sites is 1. The predicted molar refractivity (Wildman–Crippen MR) is 120 cm³/mol. The molecule has 0 spiro atoms. The molecule has 0 N–H and O–H groups in total. The largest absolute Gasteiger partial charge is 0.467 e. The third-order valence-electron chi connectivity index (χ3n) is 5.01. The molecule has 30 heavy (non-hydrogen) atoms. The van der Waals surface area contributed by atoms with Gasteiger partial charge in [-0.05, 0) is 43.4 Å². The lowest BCUT2D eigenvalue weighted by molar-refractivity contribution is 0.0515. The van der Waals surface area contributed by atoms with Crippen molar-refractivity contribution in [1.29, 1.82) is 0 Å². The minimum absolute atomic E-state index is 0.0312. The first kappa shape index (κ1) is 21.8. The van der Waals surface area contributed by atoms with Gasteiger partial charge in [-0.25, -0.2) is 4.98 Å². The van der Waals surface area contributed by atoms with Gasteiger partial charge in [-0.15, -0.1) is 0 Å². The van der Waals surface area contributed by atoms with Crippen molar-refractivity contribution in [3.63, 3.8) is 0 Å². The molecule has 158 valence electrons. The lowest BCUT2D eigenvalue weighted by atomic mass is 10.0. The van der Waals surface area contributed by atoms with Gasteiger partial charge in [-0.3, -0.25) is 9.36 Å². The maximum atomic E-state index is 13.5. The highest BCUT2D eigenvalue weighted by Crippen LogP contribution is 2.29. The standard InChI is InChI=1S/C25H30N2O3/c1-18(2)16-22-19(3)26-24(21-12-8-9-13-23(21)30-17-29-4)27(25(22)28)15-14-20-10-6-5-7-11-20/h5-13,18H,14-17H2,1-4H3. The molecular formula is C25H30N2O3.